The molecule has 1 saturated heterocycles. The highest BCUT2D eigenvalue weighted by atomic mass is 16.2. The molecule has 2 rings (SSSR count). The van der Waals surface area contributed by atoms with Crippen molar-refractivity contribution in [2.45, 2.75) is 32.4 Å². The van der Waals surface area contributed by atoms with Gasteiger partial charge in [-0.15, -0.1) is 0 Å². The number of amides is 1. The molecule has 0 spiro atoms. The molecule has 92 valence electrons. The largest absolute Gasteiger partial charge is 0.349 e. The van der Waals surface area contributed by atoms with E-state index in [2.05, 4.69) is 22.5 Å². The lowest BCUT2D eigenvalue weighted by Gasteiger charge is -2.27. The minimum Gasteiger partial charge on any atom is -0.349 e. The van der Waals surface area contributed by atoms with Gasteiger partial charge in [0.2, 0.25) is 5.91 Å². The topological polar surface area (TPSA) is 54.0 Å². The van der Waals surface area contributed by atoms with E-state index in [1.54, 1.807) is 6.20 Å². The van der Waals surface area contributed by atoms with Gasteiger partial charge in [-0.2, -0.15) is 0 Å². The van der Waals surface area contributed by atoms with Crippen molar-refractivity contribution in [3.8, 4) is 0 Å². The normalized spacial score (nSPS) is 24.3. The predicted molar refractivity (Wildman–Crippen MR) is 66.3 cm³/mol. The van der Waals surface area contributed by atoms with Gasteiger partial charge in [-0.1, -0.05) is 13.0 Å². The quantitative estimate of drug-likeness (QED) is 0.821. The molecule has 0 bridgehead atoms. The summed E-state index contributed by atoms with van der Waals surface area (Å²) in [5.74, 6) is 0.712. The molecular formula is C13H19N3O. The summed E-state index contributed by atoms with van der Waals surface area (Å²) in [6.07, 6.45) is 3.82. The first kappa shape index (κ1) is 12.0. The number of pyridine rings is 1. The molecule has 4 nitrogen and oxygen atoms in total. The highest BCUT2D eigenvalue weighted by molar-refractivity contribution is 5.81. The Morgan fingerprint density at radius 2 is 2.47 bits per heavy atom. The first-order valence-corrected chi connectivity index (χ1v) is 6.16. The number of carbonyl (C=O) groups is 1. The maximum absolute atomic E-state index is 11.9. The van der Waals surface area contributed by atoms with Crippen molar-refractivity contribution in [3.05, 3.63) is 30.1 Å². The van der Waals surface area contributed by atoms with Gasteiger partial charge >= 0.3 is 0 Å². The van der Waals surface area contributed by atoms with Crippen LogP contribution in [-0.2, 0) is 11.3 Å². The van der Waals surface area contributed by atoms with Crippen LogP contribution >= 0.6 is 0 Å². The third-order valence-electron chi connectivity index (χ3n) is 3.15. The standard InChI is InChI=1S/C13H19N3O/c1-10-5-7-15-12(8-10)13(17)16-9-11-4-2-3-6-14-11/h2-4,6,10,12,15H,5,7-9H2,1H3,(H,16,17). The Morgan fingerprint density at radius 1 is 1.59 bits per heavy atom. The SMILES string of the molecule is CC1CCNC(C(=O)NCc2ccccn2)C1. The number of hydrogen-bond donors (Lipinski definition) is 2. The Morgan fingerprint density at radius 3 is 3.18 bits per heavy atom. The van der Waals surface area contributed by atoms with Crippen LogP contribution in [0.5, 0.6) is 0 Å². The van der Waals surface area contributed by atoms with Crippen LogP contribution in [0.2, 0.25) is 0 Å². The Hall–Kier alpha value is -1.42. The fourth-order valence-corrected chi connectivity index (χ4v) is 2.11. The monoisotopic (exact) mass is 233 g/mol. The number of piperidine rings is 1. The number of rotatable bonds is 3. The fraction of sp³-hybridized carbons (Fsp3) is 0.538. The minimum absolute atomic E-state index is 0.0394. The zero-order valence-corrected chi connectivity index (χ0v) is 10.1. The van der Waals surface area contributed by atoms with E-state index in [0.29, 0.717) is 12.5 Å². The van der Waals surface area contributed by atoms with Crippen LogP contribution in [0.1, 0.15) is 25.5 Å². The smallest absolute Gasteiger partial charge is 0.237 e. The van der Waals surface area contributed by atoms with Crippen LogP contribution in [0.15, 0.2) is 24.4 Å². The van der Waals surface area contributed by atoms with Gasteiger partial charge in [-0.25, -0.2) is 0 Å². The minimum atomic E-state index is -0.0394. The second-order valence-electron chi connectivity index (χ2n) is 4.68. The first-order valence-electron chi connectivity index (χ1n) is 6.16. The summed E-state index contributed by atoms with van der Waals surface area (Å²) in [5.41, 5.74) is 0.893. The molecule has 2 unspecified atom stereocenters. The van der Waals surface area contributed by atoms with Gasteiger partial charge in [0.05, 0.1) is 18.3 Å². The molecule has 0 saturated carbocycles. The Bertz CT molecular complexity index is 366. The second kappa shape index (κ2) is 5.77. The van der Waals surface area contributed by atoms with Crippen molar-refractivity contribution in [2.75, 3.05) is 6.54 Å². The van der Waals surface area contributed by atoms with Crippen LogP contribution in [-0.4, -0.2) is 23.5 Å². The van der Waals surface area contributed by atoms with Crippen LogP contribution < -0.4 is 10.6 Å². The molecule has 1 aromatic rings. The maximum Gasteiger partial charge on any atom is 0.237 e. The van der Waals surface area contributed by atoms with Crippen LogP contribution in [0.4, 0.5) is 0 Å². The average Bonchev–Trinajstić information content (AvgIpc) is 2.37. The number of carbonyl (C=O) groups excluding carboxylic acids is 1. The van der Waals surface area contributed by atoms with Crippen LogP contribution in [0, 0.1) is 5.92 Å². The van der Waals surface area contributed by atoms with Crippen molar-refractivity contribution in [3.63, 3.8) is 0 Å². The molecule has 0 aliphatic carbocycles. The molecule has 4 heteroatoms. The Labute approximate surface area is 102 Å². The van der Waals surface area contributed by atoms with Gasteiger partial charge < -0.3 is 10.6 Å². The molecule has 1 amide bonds. The summed E-state index contributed by atoms with van der Waals surface area (Å²) in [4.78, 5) is 16.1. The highest BCUT2D eigenvalue weighted by Gasteiger charge is 2.23. The van der Waals surface area contributed by atoms with Gasteiger partial charge in [0.1, 0.15) is 0 Å². The van der Waals surface area contributed by atoms with Crippen LogP contribution in [0.25, 0.3) is 0 Å². The molecular weight excluding hydrogens is 214 g/mol. The summed E-state index contributed by atoms with van der Waals surface area (Å²) in [6, 6.07) is 5.67. The number of nitrogens with zero attached hydrogens (tertiary/aromatic N) is 1. The lowest BCUT2D eigenvalue weighted by atomic mass is 9.94. The molecule has 17 heavy (non-hydrogen) atoms. The van der Waals surface area contributed by atoms with E-state index in [1.807, 2.05) is 18.2 Å². The van der Waals surface area contributed by atoms with Crippen LogP contribution in [0.3, 0.4) is 0 Å². The van der Waals surface area contributed by atoms with Gasteiger partial charge in [-0.05, 0) is 37.4 Å². The number of nitrogens with one attached hydrogen (secondary N) is 2. The van der Waals surface area contributed by atoms with E-state index >= 15 is 0 Å². The van der Waals surface area contributed by atoms with E-state index in [4.69, 9.17) is 0 Å². The van der Waals surface area contributed by atoms with E-state index < -0.39 is 0 Å². The summed E-state index contributed by atoms with van der Waals surface area (Å²) < 4.78 is 0. The molecule has 0 radical (unpaired) electrons. The van der Waals surface area contributed by atoms with E-state index in [-0.39, 0.29) is 11.9 Å². The molecule has 1 aliphatic heterocycles. The molecule has 1 aromatic heterocycles. The third-order valence-corrected chi connectivity index (χ3v) is 3.15. The van der Waals surface area contributed by atoms with Gasteiger partial charge in [0.15, 0.2) is 0 Å². The predicted octanol–water partition coefficient (Wildman–Crippen LogP) is 1.09. The van der Waals surface area contributed by atoms with E-state index in [1.165, 1.54) is 0 Å². The second-order valence-corrected chi connectivity index (χ2v) is 4.68. The van der Waals surface area contributed by atoms with Crippen molar-refractivity contribution in [1.82, 2.24) is 15.6 Å². The molecule has 2 atom stereocenters. The highest BCUT2D eigenvalue weighted by Crippen LogP contribution is 2.14. The van der Waals surface area contributed by atoms with Crippen molar-refractivity contribution in [2.24, 2.45) is 5.92 Å². The Balaban J connectivity index is 1.81. The summed E-state index contributed by atoms with van der Waals surface area (Å²) >= 11 is 0. The Kier molecular flexibility index (Phi) is 4.09. The zero-order chi connectivity index (χ0) is 12.1. The van der Waals surface area contributed by atoms with Gasteiger partial charge in [-0.3, -0.25) is 9.78 Å². The molecule has 2 N–H and O–H groups in total. The number of hydrogen-bond acceptors (Lipinski definition) is 3. The molecule has 1 aliphatic rings. The number of aromatic nitrogens is 1. The van der Waals surface area contributed by atoms with E-state index in [9.17, 15) is 4.79 Å². The summed E-state index contributed by atoms with van der Waals surface area (Å²) in [6.45, 7) is 3.63. The van der Waals surface area contributed by atoms with Gasteiger partial charge in [0, 0.05) is 6.20 Å². The van der Waals surface area contributed by atoms with Crippen molar-refractivity contribution in [1.29, 1.82) is 0 Å². The molecule has 0 aromatic carbocycles. The maximum atomic E-state index is 11.9. The summed E-state index contributed by atoms with van der Waals surface area (Å²) in [5, 5.41) is 6.18. The lowest BCUT2D eigenvalue weighted by molar-refractivity contribution is -0.124. The third kappa shape index (κ3) is 3.53. The van der Waals surface area contributed by atoms with Crippen molar-refractivity contribution < 1.29 is 4.79 Å². The average molecular weight is 233 g/mol. The van der Waals surface area contributed by atoms with E-state index in [0.717, 1.165) is 25.1 Å². The molecule has 1 fully saturated rings. The molecule has 2 heterocycles. The summed E-state index contributed by atoms with van der Waals surface area (Å²) in [7, 11) is 0. The first-order chi connectivity index (χ1) is 8.25. The fourth-order valence-electron chi connectivity index (χ4n) is 2.11. The van der Waals surface area contributed by atoms with Crippen molar-refractivity contribution >= 4 is 5.91 Å². The van der Waals surface area contributed by atoms with Gasteiger partial charge in [0.25, 0.3) is 0 Å². The lowest BCUT2D eigenvalue weighted by Crippen LogP contribution is -2.48. The zero-order valence-electron chi connectivity index (χ0n) is 10.1.